The molecule has 10 nitrogen and oxygen atoms in total. The maximum absolute atomic E-state index is 13.2. The van der Waals surface area contributed by atoms with Crippen molar-refractivity contribution in [2.45, 2.75) is 25.5 Å². The van der Waals surface area contributed by atoms with Crippen LogP contribution in [0.5, 0.6) is 0 Å². The van der Waals surface area contributed by atoms with Crippen LogP contribution in [0, 0.1) is 11.3 Å². The molecule has 3 rings (SSSR count). The van der Waals surface area contributed by atoms with Crippen molar-refractivity contribution in [1.82, 2.24) is 4.98 Å². The fourth-order valence-electron chi connectivity index (χ4n) is 3.15. The SMILES string of the molecule is CC1(C)C(=O)N(c2ccc(C#N)c(Cl)c2)C(=S)N1c1ccc(NC(=O)OCC(O)CO)nc1. The van der Waals surface area contributed by atoms with E-state index in [-0.39, 0.29) is 34.0 Å². The molecule has 0 saturated carbocycles. The van der Waals surface area contributed by atoms with E-state index in [1.807, 2.05) is 6.07 Å². The van der Waals surface area contributed by atoms with E-state index in [1.165, 1.54) is 29.3 Å². The number of ether oxygens (including phenoxy) is 1. The Kier molecular flexibility index (Phi) is 7.14. The number of aliphatic hydroxyl groups is 2. The smallest absolute Gasteiger partial charge is 0.412 e. The van der Waals surface area contributed by atoms with E-state index >= 15 is 0 Å². The summed E-state index contributed by atoms with van der Waals surface area (Å²) in [6.07, 6.45) is -0.579. The predicted molar refractivity (Wildman–Crippen MR) is 125 cm³/mol. The first-order chi connectivity index (χ1) is 15.6. The molecule has 0 spiro atoms. The van der Waals surface area contributed by atoms with Crippen LogP contribution in [0.3, 0.4) is 0 Å². The fourth-order valence-corrected chi connectivity index (χ4v) is 3.89. The van der Waals surface area contributed by atoms with Crippen molar-refractivity contribution < 1.29 is 24.5 Å². The average Bonchev–Trinajstić information content (AvgIpc) is 2.96. The molecule has 1 aromatic heterocycles. The number of thiocarbonyl (C=S) groups is 1. The summed E-state index contributed by atoms with van der Waals surface area (Å²) >= 11 is 11.7. The molecule has 2 heterocycles. The minimum absolute atomic E-state index is 0.173. The molecule has 0 bridgehead atoms. The Balaban J connectivity index is 1.80. The maximum Gasteiger partial charge on any atom is 0.412 e. The maximum atomic E-state index is 13.2. The molecule has 2 amide bonds. The molecule has 1 unspecified atom stereocenters. The lowest BCUT2D eigenvalue weighted by Crippen LogP contribution is -2.44. The summed E-state index contributed by atoms with van der Waals surface area (Å²) in [4.78, 5) is 32.1. The summed E-state index contributed by atoms with van der Waals surface area (Å²) in [6.45, 7) is 2.52. The monoisotopic (exact) mass is 489 g/mol. The Morgan fingerprint density at radius 3 is 2.64 bits per heavy atom. The predicted octanol–water partition coefficient (Wildman–Crippen LogP) is 2.43. The van der Waals surface area contributed by atoms with Crippen LogP contribution in [0.1, 0.15) is 19.4 Å². The number of aliphatic hydroxyl groups excluding tert-OH is 2. The van der Waals surface area contributed by atoms with Crippen LogP contribution in [-0.2, 0) is 9.53 Å². The number of benzene rings is 1. The number of carbonyl (C=O) groups is 2. The highest BCUT2D eigenvalue weighted by atomic mass is 35.5. The van der Waals surface area contributed by atoms with Gasteiger partial charge in [0.2, 0.25) is 0 Å². The van der Waals surface area contributed by atoms with Crippen molar-refractivity contribution >= 4 is 58.1 Å². The van der Waals surface area contributed by atoms with E-state index in [9.17, 15) is 14.7 Å². The van der Waals surface area contributed by atoms with Gasteiger partial charge in [-0.25, -0.2) is 9.78 Å². The van der Waals surface area contributed by atoms with Crippen LogP contribution in [-0.4, -0.2) is 57.2 Å². The third kappa shape index (κ3) is 4.89. The summed E-state index contributed by atoms with van der Waals surface area (Å²) in [5, 5.41) is 29.9. The third-order valence-corrected chi connectivity index (χ3v) is 5.53. The van der Waals surface area contributed by atoms with E-state index in [0.717, 1.165) is 0 Å². The van der Waals surface area contributed by atoms with E-state index in [1.54, 1.807) is 30.9 Å². The number of nitrogens with one attached hydrogen (secondary N) is 1. The number of carbonyl (C=O) groups excluding carboxylic acids is 2. The van der Waals surface area contributed by atoms with Gasteiger partial charge in [-0.2, -0.15) is 5.26 Å². The van der Waals surface area contributed by atoms with Crippen LogP contribution in [0.25, 0.3) is 0 Å². The molecule has 2 aromatic rings. The van der Waals surface area contributed by atoms with Crippen LogP contribution >= 0.6 is 23.8 Å². The summed E-state index contributed by atoms with van der Waals surface area (Å²) in [5.41, 5.74) is 0.178. The number of nitriles is 1. The van der Waals surface area contributed by atoms with E-state index < -0.39 is 24.3 Å². The second kappa shape index (κ2) is 9.68. The summed E-state index contributed by atoms with van der Waals surface area (Å²) in [6, 6.07) is 9.72. The van der Waals surface area contributed by atoms with E-state index in [0.29, 0.717) is 11.4 Å². The van der Waals surface area contributed by atoms with Gasteiger partial charge >= 0.3 is 6.09 Å². The standard InChI is InChI=1S/C21H20ClN5O5S/c1-21(2)18(30)26(13-4-3-12(8-23)16(22)7-13)20(33)27(21)14-5-6-17(24-9-14)25-19(31)32-11-15(29)10-28/h3-7,9,15,28-29H,10-11H2,1-2H3,(H,24,25,31). The van der Waals surface area contributed by atoms with Crippen molar-refractivity contribution in [3.8, 4) is 6.07 Å². The molecule has 12 heteroatoms. The number of halogens is 1. The summed E-state index contributed by atoms with van der Waals surface area (Å²) in [7, 11) is 0. The minimum atomic E-state index is -1.17. The lowest BCUT2D eigenvalue weighted by Gasteiger charge is -2.29. The first kappa shape index (κ1) is 24.3. The molecule has 1 aromatic carbocycles. The number of anilines is 3. The van der Waals surface area contributed by atoms with Gasteiger partial charge in [-0.3, -0.25) is 15.0 Å². The number of nitrogens with zero attached hydrogens (tertiary/aromatic N) is 4. The van der Waals surface area contributed by atoms with Crippen LogP contribution in [0.4, 0.5) is 22.0 Å². The van der Waals surface area contributed by atoms with Gasteiger partial charge < -0.3 is 19.8 Å². The van der Waals surface area contributed by atoms with Crippen molar-refractivity contribution in [2.75, 3.05) is 28.3 Å². The Morgan fingerprint density at radius 1 is 1.36 bits per heavy atom. The van der Waals surface area contributed by atoms with Crippen molar-refractivity contribution in [3.63, 3.8) is 0 Å². The lowest BCUT2D eigenvalue weighted by atomic mass is 10.0. The molecule has 1 aliphatic heterocycles. The van der Waals surface area contributed by atoms with Crippen molar-refractivity contribution in [3.05, 3.63) is 47.1 Å². The fraction of sp³-hybridized carbons (Fsp3) is 0.286. The molecule has 1 atom stereocenters. The molecule has 1 saturated heterocycles. The second-order valence-corrected chi connectivity index (χ2v) is 8.33. The molecule has 3 N–H and O–H groups in total. The number of rotatable bonds is 6. The van der Waals surface area contributed by atoms with E-state index in [4.69, 9.17) is 38.9 Å². The molecule has 0 radical (unpaired) electrons. The third-order valence-electron chi connectivity index (χ3n) is 4.85. The van der Waals surface area contributed by atoms with Gasteiger partial charge in [0.15, 0.2) is 5.11 Å². The summed E-state index contributed by atoms with van der Waals surface area (Å²) < 4.78 is 4.77. The number of amides is 2. The number of hydrogen-bond acceptors (Lipinski definition) is 8. The van der Waals surface area contributed by atoms with Gasteiger partial charge in [0.25, 0.3) is 5.91 Å². The van der Waals surface area contributed by atoms with Gasteiger partial charge in [-0.05, 0) is 56.4 Å². The molecule has 172 valence electrons. The Hall–Kier alpha value is -3.30. The van der Waals surface area contributed by atoms with Gasteiger partial charge in [-0.15, -0.1) is 0 Å². The topological polar surface area (TPSA) is 139 Å². The number of pyridine rings is 1. The quantitative estimate of drug-likeness (QED) is 0.522. The van der Waals surface area contributed by atoms with Crippen molar-refractivity contribution in [1.29, 1.82) is 5.26 Å². The molecule has 33 heavy (non-hydrogen) atoms. The molecule has 0 aliphatic carbocycles. The Bertz CT molecular complexity index is 1130. The van der Waals surface area contributed by atoms with Gasteiger partial charge in [0, 0.05) is 0 Å². The molecular weight excluding hydrogens is 470 g/mol. The zero-order valence-corrected chi connectivity index (χ0v) is 19.2. The first-order valence-electron chi connectivity index (χ1n) is 9.67. The van der Waals surface area contributed by atoms with E-state index in [2.05, 4.69) is 10.3 Å². The van der Waals surface area contributed by atoms with Crippen LogP contribution < -0.4 is 15.1 Å². The zero-order chi connectivity index (χ0) is 24.3. The molecule has 1 aliphatic rings. The summed E-state index contributed by atoms with van der Waals surface area (Å²) in [5.74, 6) is -0.117. The average molecular weight is 490 g/mol. The highest BCUT2D eigenvalue weighted by Crippen LogP contribution is 2.37. The largest absolute Gasteiger partial charge is 0.446 e. The normalized spacial score (nSPS) is 15.9. The molecular formula is C21H20ClN5O5S. The highest BCUT2D eigenvalue weighted by molar-refractivity contribution is 7.81. The lowest BCUT2D eigenvalue weighted by molar-refractivity contribution is -0.120. The van der Waals surface area contributed by atoms with Crippen molar-refractivity contribution in [2.24, 2.45) is 0 Å². The van der Waals surface area contributed by atoms with Gasteiger partial charge in [0.1, 0.15) is 30.1 Å². The first-order valence-corrected chi connectivity index (χ1v) is 10.5. The Morgan fingerprint density at radius 2 is 2.06 bits per heavy atom. The van der Waals surface area contributed by atoms with Crippen LogP contribution in [0.2, 0.25) is 5.02 Å². The van der Waals surface area contributed by atoms with Gasteiger partial charge in [-0.1, -0.05) is 11.6 Å². The zero-order valence-electron chi connectivity index (χ0n) is 17.6. The molecule has 1 fully saturated rings. The number of aromatic nitrogens is 1. The van der Waals surface area contributed by atoms with Gasteiger partial charge in [0.05, 0.1) is 34.8 Å². The highest BCUT2D eigenvalue weighted by Gasteiger charge is 2.50. The minimum Gasteiger partial charge on any atom is -0.446 e. The van der Waals surface area contributed by atoms with Crippen LogP contribution in [0.15, 0.2) is 36.5 Å². The second-order valence-electron chi connectivity index (χ2n) is 7.56. The number of hydrogen-bond donors (Lipinski definition) is 3. The Labute approximate surface area is 200 Å².